The summed E-state index contributed by atoms with van der Waals surface area (Å²) in [7, 11) is -13.2. The highest BCUT2D eigenvalue weighted by Crippen LogP contribution is 2.28. The number of nitrogens with zero attached hydrogens (tertiary/aromatic N) is 5. The minimum Gasteiger partial charge on any atom is -0.743 e. The summed E-state index contributed by atoms with van der Waals surface area (Å²) in [5, 5.41) is 4.81. The van der Waals surface area contributed by atoms with Gasteiger partial charge in [-0.3, -0.25) is 9.69 Å². The SMILES string of the molecule is C/C=C/C=C/c1sc2ccc(Cl)cc2[n+]1CS(=O)(=O)[O-].C/C=C/c1oc2ccc3ccccc3c2[n+]1CS(=O)(=O)[O-].C/C=C/c1sc2ccc(Cl)cc2[n+]1CS(=O)(=O)[O-].C/C=C1\C(=O)N(CC)C(=S)N1CC. The fourth-order valence-electron chi connectivity index (χ4n) is 7.25. The first kappa shape index (κ1) is 57.7. The fourth-order valence-corrected chi connectivity index (χ4v) is 12.1. The van der Waals surface area contributed by atoms with Gasteiger partial charge in [0.25, 0.3) is 21.4 Å². The monoisotopic (exact) mass is 1130 g/mol. The van der Waals surface area contributed by atoms with E-state index < -0.39 is 48.0 Å². The van der Waals surface area contributed by atoms with Crippen LogP contribution in [0.5, 0.6) is 0 Å². The Balaban J connectivity index is 0.000000181. The number of thiazole rings is 2. The molecule has 0 spiro atoms. The Hall–Kier alpha value is -5.24. The summed E-state index contributed by atoms with van der Waals surface area (Å²) in [6.07, 6.45) is 16.0. The number of likely N-dealkylation sites (N-methyl/N-ethyl adjacent to an activating group) is 2. The molecule has 1 saturated heterocycles. The van der Waals surface area contributed by atoms with Crippen molar-refractivity contribution in [3.63, 3.8) is 0 Å². The van der Waals surface area contributed by atoms with E-state index in [1.54, 1.807) is 78.6 Å². The number of oxazole rings is 1. The number of halogens is 2. The van der Waals surface area contributed by atoms with Crippen LogP contribution < -0.4 is 13.7 Å². The normalized spacial score (nSPS) is 14.2. The number of hydrogen-bond acceptors (Lipinski definition) is 14. The Morgan fingerprint density at radius 1 is 0.653 bits per heavy atom. The summed E-state index contributed by atoms with van der Waals surface area (Å²) < 4.78 is 111. The summed E-state index contributed by atoms with van der Waals surface area (Å²) in [5.41, 5.74) is 3.16. The molecule has 16 nitrogen and oxygen atoms in total. The Labute approximate surface area is 441 Å². The zero-order chi connectivity index (χ0) is 53.1. The van der Waals surface area contributed by atoms with Gasteiger partial charge in [0.05, 0.1) is 5.39 Å². The third kappa shape index (κ3) is 14.9. The van der Waals surface area contributed by atoms with E-state index in [2.05, 4.69) is 0 Å². The molecule has 72 heavy (non-hydrogen) atoms. The lowest BCUT2D eigenvalue weighted by Gasteiger charge is -2.16. The van der Waals surface area contributed by atoms with Crippen molar-refractivity contribution in [3.05, 3.63) is 141 Å². The molecule has 382 valence electrons. The van der Waals surface area contributed by atoms with Gasteiger partial charge in [0, 0.05) is 53.5 Å². The van der Waals surface area contributed by atoms with Crippen LogP contribution in [-0.2, 0) is 52.8 Å². The Morgan fingerprint density at radius 2 is 1.17 bits per heavy atom. The van der Waals surface area contributed by atoms with Gasteiger partial charge in [-0.15, -0.1) is 4.57 Å². The second-order valence-electron chi connectivity index (χ2n) is 15.2. The third-order valence-electron chi connectivity index (χ3n) is 10.1. The first-order chi connectivity index (χ1) is 34.0. The van der Waals surface area contributed by atoms with Gasteiger partial charge in [-0.05, 0) is 95.5 Å². The average molecular weight is 1140 g/mol. The maximum atomic E-state index is 11.7. The number of hydrogen-bond donors (Lipinski definition) is 0. The van der Waals surface area contributed by atoms with Gasteiger partial charge in [0.1, 0.15) is 15.1 Å². The summed E-state index contributed by atoms with van der Waals surface area (Å²) >= 11 is 19.8. The van der Waals surface area contributed by atoms with Crippen LogP contribution in [0, 0.1) is 0 Å². The smallest absolute Gasteiger partial charge is 0.374 e. The molecule has 0 unspecified atom stereocenters. The predicted molar refractivity (Wildman–Crippen MR) is 286 cm³/mol. The highest BCUT2D eigenvalue weighted by molar-refractivity contribution is 7.85. The van der Waals surface area contributed by atoms with E-state index in [1.807, 2.05) is 100 Å². The number of fused-ring (bicyclic) bond motifs is 5. The number of benzene rings is 4. The van der Waals surface area contributed by atoms with Gasteiger partial charge in [0.15, 0.2) is 35.5 Å². The van der Waals surface area contributed by atoms with E-state index in [0.717, 1.165) is 26.7 Å². The van der Waals surface area contributed by atoms with Gasteiger partial charge in [-0.25, -0.2) is 25.3 Å². The topological polar surface area (TPSA) is 220 Å². The highest BCUT2D eigenvalue weighted by atomic mass is 35.5. The van der Waals surface area contributed by atoms with Crippen LogP contribution in [0.1, 0.15) is 57.4 Å². The van der Waals surface area contributed by atoms with E-state index in [9.17, 15) is 43.7 Å². The molecule has 7 aromatic rings. The van der Waals surface area contributed by atoms with Crippen LogP contribution in [0.25, 0.3) is 60.5 Å². The standard InChI is InChI=1S/C15H13NO4S.C13H12ClNO3S2.C11H10ClNO3S2.C9H14N2OS/c1-2-5-14-16(10-21(17,18)19)15-12-7-4-3-6-11(12)8-9-13(15)20-14;1-2-3-4-5-13-15(9-20(16,17)18)11-8-10(14)6-7-12(11)19-13;1-2-3-11-13(7-18(14,15)16)9-6-8(12)4-5-10(9)17-11;1-4-7-8(12)11(6-3)9(13)10(7)5-2/h2-9H,10H2,1H3;2-8H,9H2,1H3;2-6H,7H2,1H3;4H,5-6H2,1-3H3/b5-2+;3-2+,5-4+;3-2+;7-4+. The number of allylic oxidation sites excluding steroid dienone is 6. The molecule has 1 aliphatic heterocycles. The molecule has 1 amide bonds. The van der Waals surface area contributed by atoms with Gasteiger partial charge >= 0.3 is 5.89 Å². The predicted octanol–water partition coefficient (Wildman–Crippen LogP) is 9.08. The summed E-state index contributed by atoms with van der Waals surface area (Å²) in [4.78, 5) is 15.2. The Kier molecular flexibility index (Phi) is 20.1. The van der Waals surface area contributed by atoms with Crippen molar-refractivity contribution in [1.82, 2.24) is 9.80 Å². The molecule has 0 bridgehead atoms. The molecule has 0 atom stereocenters. The first-order valence-corrected chi connectivity index (χ1v) is 29.2. The molecule has 0 radical (unpaired) electrons. The number of carbonyl (C=O) groups is 1. The van der Waals surface area contributed by atoms with Crippen molar-refractivity contribution in [2.24, 2.45) is 0 Å². The van der Waals surface area contributed by atoms with E-state index in [-0.39, 0.29) is 5.91 Å². The van der Waals surface area contributed by atoms with Gasteiger partial charge in [-0.2, -0.15) is 9.13 Å². The molecule has 8 rings (SSSR count). The number of thiocarbonyl (C=S) groups is 1. The van der Waals surface area contributed by atoms with Crippen molar-refractivity contribution < 1.29 is 61.8 Å². The fraction of sp³-hybridized carbons (Fsp3) is 0.229. The molecule has 0 aliphatic carbocycles. The quantitative estimate of drug-likeness (QED) is 0.0367. The van der Waals surface area contributed by atoms with Crippen molar-refractivity contribution in [2.75, 3.05) is 13.1 Å². The lowest BCUT2D eigenvalue weighted by Crippen LogP contribution is -2.39. The average Bonchev–Trinajstić information content (AvgIpc) is 4.00. The van der Waals surface area contributed by atoms with Crippen molar-refractivity contribution >= 4 is 160 Å². The summed E-state index contributed by atoms with van der Waals surface area (Å²) in [6, 6.07) is 21.6. The molecular weight excluding hydrogens is 1090 g/mol. The summed E-state index contributed by atoms with van der Waals surface area (Å²) in [5.74, 6) is -1.50. The third-order valence-corrected chi connectivity index (χ3v) is 15.0. The van der Waals surface area contributed by atoms with Gasteiger partial charge in [0.2, 0.25) is 34.2 Å². The van der Waals surface area contributed by atoms with E-state index in [0.29, 0.717) is 65.4 Å². The van der Waals surface area contributed by atoms with Gasteiger partial charge < -0.3 is 23.0 Å². The zero-order valence-corrected chi connectivity index (χ0v) is 46.0. The zero-order valence-electron chi connectivity index (χ0n) is 39.6. The molecule has 24 heteroatoms. The molecule has 0 saturated carbocycles. The Morgan fingerprint density at radius 3 is 1.64 bits per heavy atom. The molecule has 1 aliphatic rings. The van der Waals surface area contributed by atoms with Crippen LogP contribution in [0.3, 0.4) is 0 Å². The largest absolute Gasteiger partial charge is 0.743 e. The lowest BCUT2D eigenvalue weighted by molar-refractivity contribution is -0.658. The molecule has 4 heterocycles. The number of carbonyl (C=O) groups excluding carboxylic acids is 1. The van der Waals surface area contributed by atoms with E-state index >= 15 is 0 Å². The molecule has 4 aromatic carbocycles. The van der Waals surface area contributed by atoms with E-state index in [4.69, 9.17) is 39.8 Å². The van der Waals surface area contributed by atoms with Crippen LogP contribution >= 0.6 is 58.1 Å². The van der Waals surface area contributed by atoms with Crippen molar-refractivity contribution in [1.29, 1.82) is 0 Å². The summed E-state index contributed by atoms with van der Waals surface area (Å²) in [6.45, 7) is 12.7. The molecule has 0 N–H and O–H groups in total. The van der Waals surface area contributed by atoms with Crippen molar-refractivity contribution in [2.45, 2.75) is 59.2 Å². The van der Waals surface area contributed by atoms with E-state index in [1.165, 1.54) is 36.4 Å². The van der Waals surface area contributed by atoms with Crippen molar-refractivity contribution in [3.8, 4) is 0 Å². The molecule has 3 aromatic heterocycles. The molecular formula is C48H49Cl2N5O11S6. The second kappa shape index (κ2) is 25.1. The molecule has 1 fully saturated rings. The number of aromatic nitrogens is 3. The minimum atomic E-state index is -4.43. The van der Waals surface area contributed by atoms with Crippen LogP contribution in [-0.4, -0.2) is 72.8 Å². The minimum absolute atomic E-state index is 0.0249. The number of rotatable bonds is 12. The van der Waals surface area contributed by atoms with Crippen LogP contribution in [0.15, 0.2) is 119 Å². The first-order valence-electron chi connectivity index (χ1n) is 21.7. The maximum absolute atomic E-state index is 11.7. The van der Waals surface area contributed by atoms with Gasteiger partial charge in [-0.1, -0.05) is 107 Å². The van der Waals surface area contributed by atoms with Crippen LogP contribution in [0.2, 0.25) is 10.0 Å². The highest BCUT2D eigenvalue weighted by Gasteiger charge is 2.35. The Bertz CT molecular complexity index is 3660. The number of amides is 1. The lowest BCUT2D eigenvalue weighted by atomic mass is 10.1. The second-order valence-corrected chi connectivity index (χ2v) is 22.6. The maximum Gasteiger partial charge on any atom is 0.374 e. The van der Waals surface area contributed by atoms with Crippen LogP contribution in [0.4, 0.5) is 0 Å².